The van der Waals surface area contributed by atoms with Gasteiger partial charge in [-0.15, -0.1) is 0 Å². The van der Waals surface area contributed by atoms with E-state index in [2.05, 4.69) is 67.5 Å². The molecule has 1 aliphatic carbocycles. The molecule has 0 bridgehead atoms. The van der Waals surface area contributed by atoms with Crippen LogP contribution in [0.1, 0.15) is 18.1 Å². The molecule has 0 atom stereocenters. The van der Waals surface area contributed by atoms with Gasteiger partial charge in [0.1, 0.15) is 0 Å². The number of hydrogen-bond acceptors (Lipinski definition) is 1. The summed E-state index contributed by atoms with van der Waals surface area (Å²) in [6.07, 6.45) is 15.9. The highest BCUT2D eigenvalue weighted by Gasteiger charge is 2.17. The van der Waals surface area contributed by atoms with E-state index in [-0.39, 0.29) is 0 Å². The Hall–Kier alpha value is -3.32. The fourth-order valence-corrected chi connectivity index (χ4v) is 2.99. The maximum Gasteiger partial charge on any atom is 0.0387 e. The van der Waals surface area contributed by atoms with Crippen LogP contribution in [0.3, 0.4) is 0 Å². The summed E-state index contributed by atoms with van der Waals surface area (Å²) in [6, 6.07) is 15.2. The fraction of sp³-hybridized carbons (Fsp3) is 0.0769. The lowest BCUT2D eigenvalue weighted by Gasteiger charge is -2.09. The molecular formula is C26H27N. The number of rotatable bonds is 6. The Kier molecular flexibility index (Phi) is 7.87. The Morgan fingerprint density at radius 1 is 0.889 bits per heavy atom. The Balaban J connectivity index is 0.000000380. The molecule has 0 spiro atoms. The van der Waals surface area contributed by atoms with E-state index in [1.54, 1.807) is 18.2 Å². The highest BCUT2D eigenvalue weighted by Crippen LogP contribution is 2.37. The van der Waals surface area contributed by atoms with Gasteiger partial charge in [-0.25, -0.2) is 0 Å². The van der Waals surface area contributed by atoms with Gasteiger partial charge in [0.15, 0.2) is 0 Å². The predicted molar refractivity (Wildman–Crippen MR) is 121 cm³/mol. The molecule has 136 valence electrons. The molecule has 1 N–H and O–H groups in total. The van der Waals surface area contributed by atoms with Crippen molar-refractivity contribution < 1.29 is 0 Å². The van der Waals surface area contributed by atoms with Crippen molar-refractivity contribution >= 4 is 5.69 Å². The van der Waals surface area contributed by atoms with Gasteiger partial charge in [0.2, 0.25) is 0 Å². The third kappa shape index (κ3) is 5.58. The van der Waals surface area contributed by atoms with E-state index in [1.807, 2.05) is 37.3 Å². The van der Waals surface area contributed by atoms with E-state index in [1.165, 1.54) is 22.3 Å². The third-order valence-corrected chi connectivity index (χ3v) is 4.11. The maximum atomic E-state index is 3.76. The van der Waals surface area contributed by atoms with Crippen LogP contribution in [0.5, 0.6) is 0 Å². The molecule has 2 aromatic rings. The van der Waals surface area contributed by atoms with Crippen molar-refractivity contribution in [1.82, 2.24) is 0 Å². The Bertz CT molecular complexity index is 884. The summed E-state index contributed by atoms with van der Waals surface area (Å²) in [6.45, 7) is 12.7. The Labute approximate surface area is 163 Å². The minimum absolute atomic E-state index is 1.02. The van der Waals surface area contributed by atoms with Gasteiger partial charge in [0, 0.05) is 11.4 Å². The molecule has 0 unspecified atom stereocenters. The molecule has 0 aromatic heterocycles. The molecule has 0 fully saturated rings. The van der Waals surface area contributed by atoms with Crippen LogP contribution in [-0.2, 0) is 6.42 Å². The van der Waals surface area contributed by atoms with Crippen LogP contribution in [0.4, 0.5) is 5.69 Å². The summed E-state index contributed by atoms with van der Waals surface area (Å²) in [4.78, 5) is 0. The van der Waals surface area contributed by atoms with Crippen LogP contribution >= 0.6 is 0 Å². The highest BCUT2D eigenvalue weighted by atomic mass is 14.9. The third-order valence-electron chi connectivity index (χ3n) is 4.11. The van der Waals surface area contributed by atoms with E-state index >= 15 is 0 Å². The molecule has 0 saturated heterocycles. The summed E-state index contributed by atoms with van der Waals surface area (Å²) in [7, 11) is 0. The molecule has 1 heteroatoms. The van der Waals surface area contributed by atoms with Crippen LogP contribution in [-0.4, -0.2) is 0 Å². The van der Waals surface area contributed by atoms with E-state index in [9.17, 15) is 0 Å². The van der Waals surface area contributed by atoms with Crippen LogP contribution in [0, 0.1) is 0 Å². The van der Waals surface area contributed by atoms with Gasteiger partial charge >= 0.3 is 0 Å². The van der Waals surface area contributed by atoms with Crippen LogP contribution < -0.4 is 5.32 Å². The quantitative estimate of drug-likeness (QED) is 0.461. The van der Waals surface area contributed by atoms with Gasteiger partial charge in [-0.05, 0) is 59.9 Å². The van der Waals surface area contributed by atoms with Crippen LogP contribution in [0.15, 0.2) is 117 Å². The smallest absolute Gasteiger partial charge is 0.0387 e. The predicted octanol–water partition coefficient (Wildman–Crippen LogP) is 7.23. The van der Waals surface area contributed by atoms with Gasteiger partial charge in [-0.3, -0.25) is 0 Å². The molecule has 0 radical (unpaired) electrons. The zero-order chi connectivity index (χ0) is 19.5. The molecular weight excluding hydrogens is 326 g/mol. The van der Waals surface area contributed by atoms with Gasteiger partial charge < -0.3 is 5.32 Å². The van der Waals surface area contributed by atoms with E-state index in [0.717, 1.165) is 17.8 Å². The fourth-order valence-electron chi connectivity index (χ4n) is 2.99. The number of fused-ring (bicyclic) bond motifs is 3. The van der Waals surface area contributed by atoms with E-state index < -0.39 is 0 Å². The maximum absolute atomic E-state index is 3.76. The van der Waals surface area contributed by atoms with Crippen molar-refractivity contribution in [1.29, 1.82) is 0 Å². The van der Waals surface area contributed by atoms with Crippen LogP contribution in [0.25, 0.3) is 11.1 Å². The SMILES string of the molecule is C=C/C=C(\C=C/C)Nc1ccc2c(c1)Cc1ccccc1-2.C=C/C=C\C=C. The first-order chi connectivity index (χ1) is 13.2. The first-order valence-corrected chi connectivity index (χ1v) is 9.07. The molecule has 0 saturated carbocycles. The molecule has 3 rings (SSSR count). The Morgan fingerprint density at radius 3 is 2.26 bits per heavy atom. The minimum atomic E-state index is 1.02. The number of anilines is 1. The monoisotopic (exact) mass is 353 g/mol. The largest absolute Gasteiger partial charge is 0.356 e. The standard InChI is InChI=1S/C20H19N.C6H8/c1-3-7-17(8-4-2)21-18-11-12-20-16(14-18)13-15-9-5-6-10-19(15)20;1-3-5-6-4-2/h3-12,14,21H,1,13H2,2H3;3-6H,1-2H2/b8-4-,17-7+;6-5-. The summed E-state index contributed by atoms with van der Waals surface area (Å²) < 4.78 is 0. The molecule has 1 nitrogen and oxygen atoms in total. The number of allylic oxidation sites excluding steroid dienone is 8. The van der Waals surface area contributed by atoms with Gasteiger partial charge in [-0.2, -0.15) is 0 Å². The second-order valence-electron chi connectivity index (χ2n) is 6.04. The van der Waals surface area contributed by atoms with Crippen molar-refractivity contribution in [3.05, 3.63) is 128 Å². The second kappa shape index (κ2) is 10.6. The molecule has 1 aliphatic rings. The van der Waals surface area contributed by atoms with Crippen molar-refractivity contribution in [3.8, 4) is 11.1 Å². The number of benzene rings is 2. The van der Waals surface area contributed by atoms with Gasteiger partial charge in [-0.1, -0.05) is 86.5 Å². The van der Waals surface area contributed by atoms with Gasteiger partial charge in [0.25, 0.3) is 0 Å². The van der Waals surface area contributed by atoms with Crippen molar-refractivity contribution in [3.63, 3.8) is 0 Å². The number of nitrogens with one attached hydrogen (secondary N) is 1. The topological polar surface area (TPSA) is 12.0 Å². The van der Waals surface area contributed by atoms with E-state index in [0.29, 0.717) is 0 Å². The highest BCUT2D eigenvalue weighted by molar-refractivity contribution is 5.78. The van der Waals surface area contributed by atoms with E-state index in [4.69, 9.17) is 0 Å². The minimum Gasteiger partial charge on any atom is -0.356 e. The zero-order valence-electron chi connectivity index (χ0n) is 16.0. The molecule has 0 aliphatic heterocycles. The summed E-state index contributed by atoms with van der Waals surface area (Å²) in [5, 5.41) is 3.44. The van der Waals surface area contributed by atoms with Crippen molar-refractivity contribution in [2.75, 3.05) is 5.32 Å². The lowest BCUT2D eigenvalue weighted by atomic mass is 10.1. The van der Waals surface area contributed by atoms with Crippen molar-refractivity contribution in [2.45, 2.75) is 13.3 Å². The first kappa shape index (κ1) is 20.0. The lowest BCUT2D eigenvalue weighted by molar-refractivity contribution is 1.26. The molecule has 0 amide bonds. The molecule has 2 aromatic carbocycles. The first-order valence-electron chi connectivity index (χ1n) is 9.07. The Morgan fingerprint density at radius 2 is 1.59 bits per heavy atom. The average Bonchev–Trinajstić information content (AvgIpc) is 3.05. The average molecular weight is 354 g/mol. The second-order valence-corrected chi connectivity index (χ2v) is 6.04. The summed E-state index contributed by atoms with van der Waals surface area (Å²) in [5.74, 6) is 0. The summed E-state index contributed by atoms with van der Waals surface area (Å²) >= 11 is 0. The summed E-state index contributed by atoms with van der Waals surface area (Å²) in [5.41, 5.74) is 7.70. The van der Waals surface area contributed by atoms with Gasteiger partial charge in [0.05, 0.1) is 0 Å². The van der Waals surface area contributed by atoms with Crippen molar-refractivity contribution in [2.24, 2.45) is 0 Å². The van der Waals surface area contributed by atoms with Crippen LogP contribution in [0.2, 0.25) is 0 Å². The number of hydrogen-bond donors (Lipinski definition) is 1. The molecule has 0 heterocycles. The lowest BCUT2D eigenvalue weighted by Crippen LogP contribution is -1.97. The normalized spacial score (nSPS) is 12.1. The molecule has 27 heavy (non-hydrogen) atoms. The zero-order valence-corrected chi connectivity index (χ0v) is 16.0.